The van der Waals surface area contributed by atoms with E-state index in [0.29, 0.717) is 0 Å². The molecule has 0 aliphatic heterocycles. The Balaban J connectivity index is 0.00000280. The molecule has 3 rings (SSSR count). The predicted octanol–water partition coefficient (Wildman–Crippen LogP) is 0.130. The Bertz CT molecular complexity index is 926. The van der Waals surface area contributed by atoms with Gasteiger partial charge in [0.15, 0.2) is 0 Å². The van der Waals surface area contributed by atoms with Crippen molar-refractivity contribution in [3.8, 4) is 0 Å². The van der Waals surface area contributed by atoms with E-state index in [-0.39, 0.29) is 41.9 Å². The average Bonchev–Trinajstić information content (AvgIpc) is 2.60. The van der Waals surface area contributed by atoms with Gasteiger partial charge < -0.3 is 24.8 Å². The molecule has 0 aliphatic carbocycles. The number of aliphatic imine (C=N–C) groups is 2. The molecule has 1 heterocycles. The van der Waals surface area contributed by atoms with Gasteiger partial charge in [-0.25, -0.2) is 4.98 Å². The predicted molar refractivity (Wildman–Crippen MR) is 115 cm³/mol. The number of hydrogen-bond acceptors (Lipinski definition) is 3. The molecule has 0 aliphatic rings. The fourth-order valence-corrected chi connectivity index (χ4v) is 3.13. The Morgan fingerprint density at radius 3 is 1.30 bits per heavy atom. The van der Waals surface area contributed by atoms with E-state index in [4.69, 9.17) is 0 Å². The number of rotatable bonds is 4. The molecule has 3 aromatic rings. The monoisotopic (exact) mass is 481 g/mol. The zero-order valence-electron chi connectivity index (χ0n) is 17.7. The van der Waals surface area contributed by atoms with Crippen LogP contribution in [-0.2, 0) is 17.1 Å². The van der Waals surface area contributed by atoms with Crippen LogP contribution in [0.25, 0.3) is 0 Å². The largest absolute Gasteiger partial charge is 2.00 e. The molecule has 2 aromatic carbocycles. The van der Waals surface area contributed by atoms with Crippen molar-refractivity contribution in [1.29, 1.82) is 0 Å². The molecule has 0 fully saturated rings. The minimum atomic E-state index is 0. The van der Waals surface area contributed by atoms with E-state index in [1.54, 1.807) is 0 Å². The van der Waals surface area contributed by atoms with Gasteiger partial charge in [0.25, 0.3) is 0 Å². The van der Waals surface area contributed by atoms with Crippen LogP contribution in [0.5, 0.6) is 0 Å². The van der Waals surface area contributed by atoms with Crippen molar-refractivity contribution in [2.45, 2.75) is 34.6 Å². The first-order valence-corrected chi connectivity index (χ1v) is 9.13. The average molecular weight is 482 g/mol. The Kier molecular flexibility index (Phi) is 11.8. The summed E-state index contributed by atoms with van der Waals surface area (Å²) >= 11 is 0. The van der Waals surface area contributed by atoms with Crippen molar-refractivity contribution in [2.75, 3.05) is 0 Å². The molecule has 0 unspecified atom stereocenters. The van der Waals surface area contributed by atoms with Crippen LogP contribution in [0.3, 0.4) is 0 Å². The number of aromatic nitrogens is 1. The summed E-state index contributed by atoms with van der Waals surface area (Å²) in [6.45, 7) is 10.4. The first-order chi connectivity index (χ1) is 12.9. The summed E-state index contributed by atoms with van der Waals surface area (Å²) in [7, 11) is 0. The van der Waals surface area contributed by atoms with E-state index in [9.17, 15) is 0 Å². The van der Waals surface area contributed by atoms with Crippen molar-refractivity contribution in [1.82, 2.24) is 4.98 Å². The number of hydrogen-bond donors (Lipinski definition) is 0. The van der Waals surface area contributed by atoms with E-state index in [1.807, 2.05) is 24.6 Å². The van der Waals surface area contributed by atoms with Gasteiger partial charge in [0.05, 0.1) is 35.2 Å². The van der Waals surface area contributed by atoms with Crippen molar-refractivity contribution in [2.24, 2.45) is 9.98 Å². The van der Waals surface area contributed by atoms with E-state index >= 15 is 0 Å². The van der Waals surface area contributed by atoms with Crippen LogP contribution in [-0.4, -0.2) is 17.4 Å². The van der Waals surface area contributed by atoms with Gasteiger partial charge in [-0.15, -0.1) is 0 Å². The minimum absolute atomic E-state index is 0. The fraction of sp³-hybridized carbons (Fsp3) is 0.208. The van der Waals surface area contributed by atoms with Gasteiger partial charge in [-0.3, -0.25) is 9.98 Å². The number of para-hydroxylation sites is 2. The molecule has 0 amide bonds. The normalized spacial score (nSPS) is 10.4. The van der Waals surface area contributed by atoms with E-state index < -0.39 is 0 Å². The van der Waals surface area contributed by atoms with Gasteiger partial charge in [0.2, 0.25) is 0 Å². The summed E-state index contributed by atoms with van der Waals surface area (Å²) < 4.78 is 0. The number of pyridine rings is 1. The first-order valence-electron chi connectivity index (χ1n) is 9.13. The second-order valence-corrected chi connectivity index (χ2v) is 6.99. The number of benzene rings is 2. The smallest absolute Gasteiger partial charge is 1.00 e. The molecule has 0 saturated heterocycles. The third-order valence-electron chi connectivity index (χ3n) is 4.54. The molecule has 6 heteroatoms. The van der Waals surface area contributed by atoms with E-state index in [1.165, 1.54) is 0 Å². The van der Waals surface area contributed by atoms with Gasteiger partial charge in [0.1, 0.15) is 0 Å². The van der Waals surface area contributed by atoms with Crippen LogP contribution in [0, 0.1) is 34.6 Å². The Morgan fingerprint density at radius 2 is 0.967 bits per heavy atom. The molecule has 3 nitrogen and oxygen atoms in total. The van der Waals surface area contributed by atoms with Gasteiger partial charge in [-0.05, 0) is 74.6 Å². The van der Waals surface area contributed by atoms with Crippen LogP contribution in [0.2, 0.25) is 0 Å². The molecule has 0 radical (unpaired) electrons. The maximum atomic E-state index is 4.68. The summed E-state index contributed by atoms with van der Waals surface area (Å²) in [6, 6.07) is 16.5. The Hall–Kier alpha value is -1.97. The van der Waals surface area contributed by atoms with Crippen molar-refractivity contribution in [3.63, 3.8) is 0 Å². The number of halogens is 2. The standard InChI is InChI=1S/C24H25N3.2ClH.Fe/c1-16-12-21(14-25-23-17(2)8-6-9-18(23)3)27-22(13-16)15-26-24-19(4)10-7-11-20(24)5;;;/h6-15H,1-5H3;2*1H;/q;;;+2/p-2. The summed E-state index contributed by atoms with van der Waals surface area (Å²) in [4.78, 5) is 14.0. The molecule has 30 heavy (non-hydrogen) atoms. The first kappa shape index (κ1) is 28.0. The van der Waals surface area contributed by atoms with E-state index in [2.05, 4.69) is 86.0 Å². The maximum absolute atomic E-state index is 4.68. The Morgan fingerprint density at radius 1 is 0.633 bits per heavy atom. The fourth-order valence-electron chi connectivity index (χ4n) is 3.13. The zero-order chi connectivity index (χ0) is 19.4. The van der Waals surface area contributed by atoms with Gasteiger partial charge >= 0.3 is 17.1 Å². The molecule has 0 atom stereocenters. The Labute approximate surface area is 202 Å². The third-order valence-corrected chi connectivity index (χ3v) is 4.54. The minimum Gasteiger partial charge on any atom is -1.00 e. The van der Waals surface area contributed by atoms with Gasteiger partial charge in [-0.2, -0.15) is 0 Å². The quantitative estimate of drug-likeness (QED) is 0.385. The van der Waals surface area contributed by atoms with Gasteiger partial charge in [0, 0.05) is 0 Å². The van der Waals surface area contributed by atoms with Crippen LogP contribution in [0.1, 0.15) is 39.2 Å². The number of aryl methyl sites for hydroxylation is 5. The van der Waals surface area contributed by atoms with Crippen molar-refractivity contribution in [3.05, 3.63) is 87.7 Å². The molecular formula is C24H25Cl2FeN3. The SMILES string of the molecule is Cc1cc(C=Nc2c(C)cccc2C)nc(C=Nc2c(C)cccc2C)c1.[Cl-].[Cl-].[Fe+2]. The van der Waals surface area contributed by atoms with Crippen molar-refractivity contribution < 1.29 is 41.9 Å². The molecule has 1 aromatic heterocycles. The summed E-state index contributed by atoms with van der Waals surface area (Å²) in [5.74, 6) is 0. The topological polar surface area (TPSA) is 37.6 Å². The molecule has 0 spiro atoms. The molecule has 0 saturated carbocycles. The molecule has 0 bridgehead atoms. The van der Waals surface area contributed by atoms with Crippen LogP contribution in [0.15, 0.2) is 58.5 Å². The van der Waals surface area contributed by atoms with Crippen LogP contribution < -0.4 is 24.8 Å². The second-order valence-electron chi connectivity index (χ2n) is 6.99. The molecule has 158 valence electrons. The molecular weight excluding hydrogens is 457 g/mol. The number of nitrogens with zero attached hydrogens (tertiary/aromatic N) is 3. The van der Waals surface area contributed by atoms with Crippen molar-refractivity contribution >= 4 is 23.8 Å². The van der Waals surface area contributed by atoms with Crippen LogP contribution >= 0.6 is 0 Å². The van der Waals surface area contributed by atoms with Crippen LogP contribution in [0.4, 0.5) is 11.4 Å². The second kappa shape index (κ2) is 12.7. The summed E-state index contributed by atoms with van der Waals surface area (Å²) in [5.41, 5.74) is 9.47. The van der Waals surface area contributed by atoms with E-state index in [0.717, 1.165) is 50.6 Å². The third kappa shape index (κ3) is 7.07. The maximum Gasteiger partial charge on any atom is 2.00 e. The molecule has 0 N–H and O–H groups in total. The summed E-state index contributed by atoms with van der Waals surface area (Å²) in [6.07, 6.45) is 3.66. The summed E-state index contributed by atoms with van der Waals surface area (Å²) in [5, 5.41) is 0. The van der Waals surface area contributed by atoms with Gasteiger partial charge in [-0.1, -0.05) is 36.4 Å². The zero-order valence-corrected chi connectivity index (χ0v) is 20.3.